The van der Waals surface area contributed by atoms with Crippen LogP contribution in [0.5, 0.6) is 0 Å². The first-order chi connectivity index (χ1) is 12.2. The van der Waals surface area contributed by atoms with E-state index in [1.165, 1.54) is 16.3 Å². The quantitative estimate of drug-likeness (QED) is 0.540. The number of morpholine rings is 1. The molecule has 3 rings (SSSR count). The van der Waals surface area contributed by atoms with Crippen molar-refractivity contribution < 1.29 is 27.7 Å². The number of amides is 1. The molecule has 0 aromatic heterocycles. The summed E-state index contributed by atoms with van der Waals surface area (Å²) in [4.78, 5) is 14.7. The maximum absolute atomic E-state index is 12.3. The second kappa shape index (κ2) is 10.5. The number of halogens is 1. The number of nitrogens with one attached hydrogen (secondary N) is 1. The van der Waals surface area contributed by atoms with Crippen molar-refractivity contribution in [2.45, 2.75) is 18.9 Å². The lowest BCUT2D eigenvalue weighted by atomic mass is 9.99. The van der Waals surface area contributed by atoms with Crippen molar-refractivity contribution in [1.29, 1.82) is 0 Å². The number of carbonyl (C=O) groups excluding carboxylic acids is 1. The largest absolute Gasteiger partial charge is 1.00 e. The highest BCUT2D eigenvalue weighted by Gasteiger charge is 2.18. The molecule has 26 heavy (non-hydrogen) atoms. The van der Waals surface area contributed by atoms with Crippen molar-refractivity contribution in [3.8, 4) is 0 Å². The molecule has 0 spiro atoms. The molecule has 0 radical (unpaired) electrons. The Morgan fingerprint density at radius 1 is 1.15 bits per heavy atom. The normalized spacial score (nSPS) is 16.0. The molecule has 1 fully saturated rings. The molecule has 4 N–H and O–H groups in total. The second-order valence-corrected chi connectivity index (χ2v) is 6.64. The Kier molecular flexibility index (Phi) is 8.32. The topological polar surface area (TPSA) is 69.2 Å². The number of rotatable bonds is 7. The molecular weight excluding hydrogens is 350 g/mol. The molecule has 6 heteroatoms. The zero-order valence-electron chi connectivity index (χ0n) is 15.1. The van der Waals surface area contributed by atoms with Crippen LogP contribution in [-0.4, -0.2) is 56.2 Å². The molecule has 1 aliphatic rings. The van der Waals surface area contributed by atoms with Gasteiger partial charge in [-0.1, -0.05) is 42.5 Å². The van der Waals surface area contributed by atoms with Gasteiger partial charge in [-0.15, -0.1) is 0 Å². The third-order valence-electron chi connectivity index (χ3n) is 4.77. The highest BCUT2D eigenvalue weighted by molar-refractivity contribution is 5.87. The number of ether oxygens (including phenoxy) is 1. The average Bonchev–Trinajstić information content (AvgIpc) is 2.66. The lowest BCUT2D eigenvalue weighted by Gasteiger charge is -2.26. The summed E-state index contributed by atoms with van der Waals surface area (Å²) < 4.78 is 5.34. The molecule has 142 valence electrons. The minimum absolute atomic E-state index is 0. The van der Waals surface area contributed by atoms with Crippen LogP contribution >= 0.6 is 0 Å². The van der Waals surface area contributed by atoms with Gasteiger partial charge in [0.2, 0.25) is 0 Å². The molecule has 1 aliphatic heterocycles. The molecule has 2 aromatic carbocycles. The van der Waals surface area contributed by atoms with E-state index in [4.69, 9.17) is 4.74 Å². The van der Waals surface area contributed by atoms with Crippen LogP contribution < -0.4 is 23.5 Å². The number of quaternary nitrogens is 1. The van der Waals surface area contributed by atoms with Gasteiger partial charge in [0.15, 0.2) is 6.04 Å². The van der Waals surface area contributed by atoms with Crippen molar-refractivity contribution >= 4 is 16.7 Å². The maximum atomic E-state index is 12.3. The number of nitrogens with zero attached hydrogens (tertiary/aromatic N) is 1. The third-order valence-corrected chi connectivity index (χ3v) is 4.77. The Balaban J connectivity index is 0.00000243. The van der Waals surface area contributed by atoms with Gasteiger partial charge < -0.3 is 28.2 Å². The zero-order valence-corrected chi connectivity index (χ0v) is 15.9. The molecule has 5 nitrogen and oxygen atoms in total. The smallest absolute Gasteiger partial charge is 0.278 e. The molecule has 1 heterocycles. The van der Waals surface area contributed by atoms with Crippen molar-refractivity contribution in [3.05, 3.63) is 48.0 Å². The summed E-state index contributed by atoms with van der Waals surface area (Å²) in [6.45, 7) is 5.34. The highest BCUT2D eigenvalue weighted by atomic mass is 35.5. The van der Waals surface area contributed by atoms with Gasteiger partial charge in [-0.05, 0) is 29.3 Å². The first-order valence-corrected chi connectivity index (χ1v) is 9.11. The van der Waals surface area contributed by atoms with Crippen LogP contribution in [-0.2, 0) is 16.0 Å². The van der Waals surface area contributed by atoms with Gasteiger partial charge in [0, 0.05) is 26.1 Å². The summed E-state index contributed by atoms with van der Waals surface area (Å²) in [5.41, 5.74) is 5.25. The summed E-state index contributed by atoms with van der Waals surface area (Å²) in [5, 5.41) is 5.44. The molecule has 1 amide bonds. The van der Waals surface area contributed by atoms with Crippen LogP contribution in [0.1, 0.15) is 12.0 Å². The zero-order chi connectivity index (χ0) is 17.5. The molecule has 1 saturated heterocycles. The van der Waals surface area contributed by atoms with Crippen molar-refractivity contribution in [2.24, 2.45) is 0 Å². The number of carbonyl (C=O) groups is 1. The van der Waals surface area contributed by atoms with E-state index in [0.717, 1.165) is 39.3 Å². The fourth-order valence-electron chi connectivity index (χ4n) is 3.31. The molecular formula is C20H28ClN3O2. The van der Waals surface area contributed by atoms with Gasteiger partial charge in [0.05, 0.1) is 13.2 Å². The summed E-state index contributed by atoms with van der Waals surface area (Å²) in [6, 6.07) is 14.2. The van der Waals surface area contributed by atoms with E-state index in [1.54, 1.807) is 0 Å². The predicted octanol–water partition coefficient (Wildman–Crippen LogP) is -2.16. The first-order valence-electron chi connectivity index (χ1n) is 9.11. The fraction of sp³-hybridized carbons (Fsp3) is 0.450. The summed E-state index contributed by atoms with van der Waals surface area (Å²) in [6.07, 6.45) is 1.63. The number of hydrogen-bond donors (Lipinski definition) is 2. The molecule has 0 bridgehead atoms. The molecule has 0 saturated carbocycles. The monoisotopic (exact) mass is 377 g/mol. The van der Waals surface area contributed by atoms with E-state index in [0.29, 0.717) is 13.0 Å². The first kappa shape index (κ1) is 20.6. The van der Waals surface area contributed by atoms with E-state index < -0.39 is 0 Å². The maximum Gasteiger partial charge on any atom is 0.278 e. The highest BCUT2D eigenvalue weighted by Crippen LogP contribution is 2.19. The molecule has 1 atom stereocenters. The van der Waals surface area contributed by atoms with Crippen LogP contribution in [0.3, 0.4) is 0 Å². The Bertz CT molecular complexity index is 699. The van der Waals surface area contributed by atoms with Crippen molar-refractivity contribution in [3.63, 3.8) is 0 Å². The van der Waals surface area contributed by atoms with Gasteiger partial charge >= 0.3 is 0 Å². The summed E-state index contributed by atoms with van der Waals surface area (Å²) in [7, 11) is 0. The van der Waals surface area contributed by atoms with Crippen LogP contribution in [0.2, 0.25) is 0 Å². The van der Waals surface area contributed by atoms with E-state index >= 15 is 0 Å². The van der Waals surface area contributed by atoms with E-state index in [-0.39, 0.29) is 24.4 Å². The van der Waals surface area contributed by atoms with Gasteiger partial charge in [-0.2, -0.15) is 0 Å². The Morgan fingerprint density at radius 3 is 2.69 bits per heavy atom. The van der Waals surface area contributed by atoms with Crippen molar-refractivity contribution in [1.82, 2.24) is 10.2 Å². The van der Waals surface area contributed by atoms with Crippen LogP contribution in [0.15, 0.2) is 42.5 Å². The predicted molar refractivity (Wildman–Crippen MR) is 99.2 cm³/mol. The van der Waals surface area contributed by atoms with Crippen LogP contribution in [0.4, 0.5) is 0 Å². The minimum atomic E-state index is -0.269. The third kappa shape index (κ3) is 5.68. The van der Waals surface area contributed by atoms with Gasteiger partial charge in [-0.3, -0.25) is 9.69 Å². The van der Waals surface area contributed by atoms with Crippen LogP contribution in [0.25, 0.3) is 10.8 Å². The lowest BCUT2D eigenvalue weighted by Crippen LogP contribution is -3.00. The fourth-order valence-corrected chi connectivity index (χ4v) is 3.31. The Morgan fingerprint density at radius 2 is 1.88 bits per heavy atom. The molecule has 2 aromatic rings. The standard InChI is InChI=1S/C20H27N3O2.ClH/c21-19(15-17-7-3-6-16-5-1-2-8-18(16)17)20(24)22-9-4-10-23-11-13-25-14-12-23;/h1-3,5-8,19H,4,9-15,21H2,(H,22,24);1H/t19-;/m0./s1. The van der Waals surface area contributed by atoms with Gasteiger partial charge in [0.1, 0.15) is 0 Å². The number of fused-ring (bicyclic) bond motifs is 1. The summed E-state index contributed by atoms with van der Waals surface area (Å²) in [5.74, 6) is 0.0370. The van der Waals surface area contributed by atoms with E-state index in [9.17, 15) is 4.79 Å². The number of benzene rings is 2. The average molecular weight is 378 g/mol. The van der Waals surface area contributed by atoms with Crippen LogP contribution in [0, 0.1) is 0 Å². The van der Waals surface area contributed by atoms with E-state index in [1.807, 2.05) is 18.2 Å². The second-order valence-electron chi connectivity index (χ2n) is 6.64. The molecule has 0 aliphatic carbocycles. The van der Waals surface area contributed by atoms with Crippen molar-refractivity contribution in [2.75, 3.05) is 39.4 Å². The Labute approximate surface area is 161 Å². The number of hydrogen-bond acceptors (Lipinski definition) is 3. The van der Waals surface area contributed by atoms with E-state index in [2.05, 4.69) is 40.2 Å². The minimum Gasteiger partial charge on any atom is -1.00 e. The van der Waals surface area contributed by atoms with Gasteiger partial charge in [-0.25, -0.2) is 0 Å². The molecule has 0 unspecified atom stereocenters. The lowest BCUT2D eigenvalue weighted by molar-refractivity contribution is -0.403. The summed E-state index contributed by atoms with van der Waals surface area (Å²) >= 11 is 0. The SMILES string of the molecule is [Cl-].[NH3+][C@@H](Cc1cccc2ccccc12)C(=O)NCCCN1CCOCC1. The Hall–Kier alpha value is -1.66. The van der Waals surface area contributed by atoms with Gasteiger partial charge in [0.25, 0.3) is 5.91 Å².